The number of hydrogen-bond acceptors (Lipinski definition) is 5. The van der Waals surface area contributed by atoms with Crippen LogP contribution in [0.3, 0.4) is 0 Å². The topological polar surface area (TPSA) is 75.9 Å². The fraction of sp³-hybridized carbons (Fsp3) is 0.176. The van der Waals surface area contributed by atoms with Crippen molar-refractivity contribution in [3.63, 3.8) is 0 Å². The molecule has 1 fully saturated rings. The third-order valence-corrected chi connectivity index (χ3v) is 8.03. The Balaban J connectivity index is 1.09. The summed E-state index contributed by atoms with van der Waals surface area (Å²) in [6, 6.07) is 26.2. The Labute approximate surface area is 246 Å². The molecule has 0 saturated carbocycles. The van der Waals surface area contributed by atoms with Crippen LogP contribution in [-0.2, 0) is 6.54 Å². The van der Waals surface area contributed by atoms with Crippen molar-refractivity contribution in [2.24, 2.45) is 0 Å². The number of fused-ring (bicyclic) bond motifs is 2. The summed E-state index contributed by atoms with van der Waals surface area (Å²) in [5.41, 5.74) is 4.57. The Bertz CT molecular complexity index is 1960. The van der Waals surface area contributed by atoms with Gasteiger partial charge in [0.15, 0.2) is 0 Å². The molecule has 1 N–H and O–H groups in total. The Hall–Kier alpha value is -5.18. The zero-order chi connectivity index (χ0) is 29.3. The summed E-state index contributed by atoms with van der Waals surface area (Å²) >= 11 is 0. The predicted octanol–water partition coefficient (Wildman–Crippen LogP) is 7.07. The van der Waals surface area contributed by atoms with Gasteiger partial charge in [0.05, 0.1) is 16.6 Å². The normalized spacial score (nSPS) is 14.0. The van der Waals surface area contributed by atoms with E-state index in [1.807, 2.05) is 41.3 Å². The first-order chi connectivity index (χ1) is 21.0. The molecule has 1 aliphatic heterocycles. The molecule has 0 unspecified atom stereocenters. The lowest BCUT2D eigenvalue weighted by molar-refractivity contribution is 0.0710. The number of halogens is 2. The number of hydrogen-bond donors (Lipinski definition) is 1. The van der Waals surface area contributed by atoms with Crippen molar-refractivity contribution in [1.29, 1.82) is 0 Å². The molecule has 7 nitrogen and oxygen atoms in total. The second-order valence-corrected chi connectivity index (χ2v) is 10.8. The molecule has 43 heavy (non-hydrogen) atoms. The van der Waals surface area contributed by atoms with Crippen LogP contribution in [-0.4, -0.2) is 43.4 Å². The summed E-state index contributed by atoms with van der Waals surface area (Å²) in [6.45, 7) is 1.73. The van der Waals surface area contributed by atoms with Crippen LogP contribution in [0.5, 0.6) is 0 Å². The summed E-state index contributed by atoms with van der Waals surface area (Å²) in [6.07, 6.45) is 2.98. The smallest absolute Gasteiger partial charge is 0.253 e. The zero-order valence-electron chi connectivity index (χ0n) is 23.3. The highest BCUT2D eigenvalue weighted by Gasteiger charge is 2.28. The van der Waals surface area contributed by atoms with E-state index in [0.29, 0.717) is 42.2 Å². The number of para-hydroxylation sites is 2. The number of imidazole rings is 1. The monoisotopic (exact) mass is 574 g/mol. The van der Waals surface area contributed by atoms with Gasteiger partial charge in [-0.3, -0.25) is 4.79 Å². The molecule has 3 heterocycles. The van der Waals surface area contributed by atoms with E-state index in [-0.39, 0.29) is 23.5 Å². The first-order valence-corrected chi connectivity index (χ1v) is 14.3. The molecular weight excluding hydrogens is 546 g/mol. The molecule has 0 radical (unpaired) electrons. The van der Waals surface area contributed by atoms with E-state index in [1.165, 1.54) is 24.5 Å². The number of benzene rings is 4. The molecule has 214 valence electrons. The van der Waals surface area contributed by atoms with Crippen LogP contribution in [0, 0.1) is 11.6 Å². The molecule has 2 aromatic heterocycles. The SMILES string of the molecule is O=C(c1ccc2c(Nc3cccc(F)c3)ncnc2c1)N1CCC(c2nc3ccccc3n2Cc2cccc(F)c2)CC1. The number of anilines is 2. The second-order valence-electron chi connectivity index (χ2n) is 10.8. The molecule has 0 spiro atoms. The van der Waals surface area contributed by atoms with E-state index >= 15 is 0 Å². The molecule has 0 bridgehead atoms. The van der Waals surface area contributed by atoms with Crippen LogP contribution < -0.4 is 5.32 Å². The average molecular weight is 575 g/mol. The maximum atomic E-state index is 13.9. The van der Waals surface area contributed by atoms with Crippen molar-refractivity contribution in [2.75, 3.05) is 18.4 Å². The van der Waals surface area contributed by atoms with Gasteiger partial charge in [-0.15, -0.1) is 0 Å². The Kier molecular flexibility index (Phi) is 6.98. The van der Waals surface area contributed by atoms with Gasteiger partial charge < -0.3 is 14.8 Å². The van der Waals surface area contributed by atoms with E-state index in [4.69, 9.17) is 4.98 Å². The molecule has 0 aliphatic carbocycles. The van der Waals surface area contributed by atoms with Crippen LogP contribution in [0.25, 0.3) is 21.9 Å². The molecule has 1 aliphatic rings. The lowest BCUT2D eigenvalue weighted by Gasteiger charge is -2.32. The number of amides is 1. The fourth-order valence-electron chi connectivity index (χ4n) is 5.91. The van der Waals surface area contributed by atoms with Crippen LogP contribution >= 0.6 is 0 Å². The van der Waals surface area contributed by atoms with Crippen LogP contribution in [0.15, 0.2) is 97.3 Å². The van der Waals surface area contributed by atoms with Gasteiger partial charge in [-0.2, -0.15) is 0 Å². The molecular formula is C34H28F2N6O. The Morgan fingerprint density at radius 2 is 1.63 bits per heavy atom. The minimum atomic E-state index is -0.344. The van der Waals surface area contributed by atoms with Gasteiger partial charge in [-0.05, 0) is 79.1 Å². The van der Waals surface area contributed by atoms with Gasteiger partial charge in [-0.25, -0.2) is 23.7 Å². The molecule has 1 amide bonds. The minimum absolute atomic E-state index is 0.0492. The lowest BCUT2D eigenvalue weighted by atomic mass is 9.95. The fourth-order valence-corrected chi connectivity index (χ4v) is 5.91. The highest BCUT2D eigenvalue weighted by atomic mass is 19.1. The summed E-state index contributed by atoms with van der Waals surface area (Å²) in [7, 11) is 0. The van der Waals surface area contributed by atoms with Gasteiger partial charge >= 0.3 is 0 Å². The number of carbonyl (C=O) groups excluding carboxylic acids is 1. The highest BCUT2D eigenvalue weighted by Crippen LogP contribution is 2.32. The molecule has 9 heteroatoms. The molecule has 7 rings (SSSR count). The number of rotatable bonds is 6. The van der Waals surface area contributed by atoms with E-state index in [9.17, 15) is 13.6 Å². The van der Waals surface area contributed by atoms with E-state index in [1.54, 1.807) is 36.4 Å². The number of piperidine rings is 1. The summed E-state index contributed by atoms with van der Waals surface area (Å²) in [5.74, 6) is 1.03. The van der Waals surface area contributed by atoms with Crippen molar-refractivity contribution in [2.45, 2.75) is 25.3 Å². The van der Waals surface area contributed by atoms with Gasteiger partial charge in [0.1, 0.15) is 29.6 Å². The zero-order valence-corrected chi connectivity index (χ0v) is 23.3. The van der Waals surface area contributed by atoms with E-state index in [2.05, 4.69) is 19.9 Å². The lowest BCUT2D eigenvalue weighted by Crippen LogP contribution is -2.38. The van der Waals surface area contributed by atoms with Gasteiger partial charge in [0, 0.05) is 42.2 Å². The molecule has 4 aromatic carbocycles. The summed E-state index contributed by atoms with van der Waals surface area (Å²) < 4.78 is 29.8. The number of nitrogens with one attached hydrogen (secondary N) is 1. The second kappa shape index (κ2) is 11.2. The first-order valence-electron chi connectivity index (χ1n) is 14.3. The first kappa shape index (κ1) is 26.7. The minimum Gasteiger partial charge on any atom is -0.340 e. The maximum Gasteiger partial charge on any atom is 0.253 e. The number of likely N-dealkylation sites (tertiary alicyclic amines) is 1. The van der Waals surface area contributed by atoms with Gasteiger partial charge in [0.2, 0.25) is 0 Å². The maximum absolute atomic E-state index is 13.9. The third kappa shape index (κ3) is 5.41. The van der Waals surface area contributed by atoms with Crippen LogP contribution in [0.1, 0.15) is 40.5 Å². The number of carbonyl (C=O) groups is 1. The van der Waals surface area contributed by atoms with Gasteiger partial charge in [0.25, 0.3) is 5.91 Å². The quantitative estimate of drug-likeness (QED) is 0.230. The van der Waals surface area contributed by atoms with Crippen LogP contribution in [0.4, 0.5) is 20.3 Å². The third-order valence-electron chi connectivity index (χ3n) is 8.03. The average Bonchev–Trinajstić information content (AvgIpc) is 3.39. The summed E-state index contributed by atoms with van der Waals surface area (Å²) in [4.78, 5) is 29.1. The Morgan fingerprint density at radius 1 is 0.837 bits per heavy atom. The standard InChI is InChI=1S/C34H28F2N6O/c35-25-6-3-5-22(17-25)20-42-31-10-2-1-9-29(31)40-33(42)23-13-15-41(16-14-23)34(43)24-11-12-28-30(18-24)37-21-38-32(28)39-27-8-4-7-26(36)19-27/h1-12,17-19,21,23H,13-16,20H2,(H,37,38,39). The molecule has 1 saturated heterocycles. The molecule has 0 atom stereocenters. The van der Waals surface area contributed by atoms with Crippen LogP contribution in [0.2, 0.25) is 0 Å². The highest BCUT2D eigenvalue weighted by molar-refractivity contribution is 6.00. The van der Waals surface area contributed by atoms with E-state index in [0.717, 1.165) is 40.6 Å². The largest absolute Gasteiger partial charge is 0.340 e. The van der Waals surface area contributed by atoms with Crippen molar-refractivity contribution in [3.8, 4) is 0 Å². The van der Waals surface area contributed by atoms with Crippen molar-refractivity contribution < 1.29 is 13.6 Å². The van der Waals surface area contributed by atoms with Crippen molar-refractivity contribution in [3.05, 3.63) is 126 Å². The number of nitrogens with zero attached hydrogens (tertiary/aromatic N) is 5. The van der Waals surface area contributed by atoms with Crippen molar-refractivity contribution >= 4 is 39.3 Å². The van der Waals surface area contributed by atoms with Gasteiger partial charge in [-0.1, -0.05) is 30.3 Å². The van der Waals surface area contributed by atoms with E-state index < -0.39 is 0 Å². The summed E-state index contributed by atoms with van der Waals surface area (Å²) in [5, 5.41) is 3.87. The predicted molar refractivity (Wildman–Crippen MR) is 162 cm³/mol. The van der Waals surface area contributed by atoms with Crippen molar-refractivity contribution in [1.82, 2.24) is 24.4 Å². The number of aromatic nitrogens is 4. The Morgan fingerprint density at radius 3 is 2.44 bits per heavy atom. The molecule has 6 aromatic rings.